The van der Waals surface area contributed by atoms with E-state index in [0.29, 0.717) is 19.5 Å². The molecule has 0 radical (unpaired) electrons. The molecule has 1 aliphatic heterocycles. The normalized spacial score (nSPS) is 19.8. The summed E-state index contributed by atoms with van der Waals surface area (Å²) in [7, 11) is 0. The number of carboxylic acid groups (broad SMARTS) is 1. The highest BCUT2D eigenvalue weighted by Gasteiger charge is 2.27. The minimum atomic E-state index is -0.816. The SMILES string of the molecule is O=C(O)C1CCCN(C(=O)/C=C/c2cc(Br)cs2)C1. The molecule has 1 aromatic heterocycles. The van der Waals surface area contributed by atoms with E-state index in [0.717, 1.165) is 15.8 Å². The lowest BCUT2D eigenvalue weighted by atomic mass is 9.98. The zero-order chi connectivity index (χ0) is 13.8. The van der Waals surface area contributed by atoms with Gasteiger partial charge in [-0.15, -0.1) is 11.3 Å². The molecular formula is C13H14BrNO3S. The van der Waals surface area contributed by atoms with Gasteiger partial charge in [-0.1, -0.05) is 0 Å². The lowest BCUT2D eigenvalue weighted by molar-refractivity contribution is -0.144. The van der Waals surface area contributed by atoms with Crippen molar-refractivity contribution in [1.29, 1.82) is 0 Å². The number of carboxylic acids is 1. The Balaban J connectivity index is 1.96. The van der Waals surface area contributed by atoms with Gasteiger partial charge in [-0.3, -0.25) is 9.59 Å². The summed E-state index contributed by atoms with van der Waals surface area (Å²) in [5.74, 6) is -1.36. The number of hydrogen-bond donors (Lipinski definition) is 1. The number of halogens is 1. The van der Waals surface area contributed by atoms with Crippen molar-refractivity contribution >= 4 is 45.2 Å². The van der Waals surface area contributed by atoms with E-state index in [1.165, 1.54) is 6.08 Å². The van der Waals surface area contributed by atoms with Crippen LogP contribution in [0.2, 0.25) is 0 Å². The van der Waals surface area contributed by atoms with E-state index in [1.807, 2.05) is 11.4 Å². The van der Waals surface area contributed by atoms with Crippen molar-refractivity contribution in [2.75, 3.05) is 13.1 Å². The molecule has 2 rings (SSSR count). The summed E-state index contributed by atoms with van der Waals surface area (Å²) in [6, 6.07) is 1.94. The molecule has 19 heavy (non-hydrogen) atoms. The summed E-state index contributed by atoms with van der Waals surface area (Å²) in [4.78, 5) is 25.5. The molecule has 102 valence electrons. The topological polar surface area (TPSA) is 57.6 Å². The van der Waals surface area contributed by atoms with Crippen LogP contribution in [0.5, 0.6) is 0 Å². The van der Waals surface area contributed by atoms with E-state index >= 15 is 0 Å². The van der Waals surface area contributed by atoms with Gasteiger partial charge in [0.25, 0.3) is 0 Å². The second-order valence-electron chi connectivity index (χ2n) is 4.46. The van der Waals surface area contributed by atoms with Crippen molar-refractivity contribution in [3.63, 3.8) is 0 Å². The van der Waals surface area contributed by atoms with Crippen LogP contribution in [0, 0.1) is 5.92 Å². The Morgan fingerprint density at radius 2 is 2.32 bits per heavy atom. The number of carbonyl (C=O) groups excluding carboxylic acids is 1. The van der Waals surface area contributed by atoms with E-state index in [1.54, 1.807) is 22.3 Å². The number of amides is 1. The third-order valence-corrected chi connectivity index (χ3v) is 4.72. The molecule has 0 aromatic carbocycles. The van der Waals surface area contributed by atoms with Crippen LogP contribution < -0.4 is 0 Å². The van der Waals surface area contributed by atoms with Gasteiger partial charge in [-0.05, 0) is 40.9 Å². The lowest BCUT2D eigenvalue weighted by Gasteiger charge is -2.29. The van der Waals surface area contributed by atoms with Gasteiger partial charge in [-0.25, -0.2) is 0 Å². The zero-order valence-electron chi connectivity index (χ0n) is 10.2. The zero-order valence-corrected chi connectivity index (χ0v) is 12.6. The van der Waals surface area contributed by atoms with E-state index in [9.17, 15) is 9.59 Å². The van der Waals surface area contributed by atoms with Crippen LogP contribution in [0.3, 0.4) is 0 Å². The first-order valence-electron chi connectivity index (χ1n) is 6.00. The highest BCUT2D eigenvalue weighted by atomic mass is 79.9. The predicted molar refractivity (Wildman–Crippen MR) is 78.0 cm³/mol. The van der Waals surface area contributed by atoms with Crippen molar-refractivity contribution in [2.45, 2.75) is 12.8 Å². The first kappa shape index (κ1) is 14.3. The smallest absolute Gasteiger partial charge is 0.308 e. The van der Waals surface area contributed by atoms with Gasteiger partial charge in [0, 0.05) is 33.9 Å². The second-order valence-corrected chi connectivity index (χ2v) is 6.32. The first-order chi connectivity index (χ1) is 9.06. The number of aliphatic carboxylic acids is 1. The molecule has 4 nitrogen and oxygen atoms in total. The number of thiophene rings is 1. The Morgan fingerprint density at radius 1 is 1.53 bits per heavy atom. The Hall–Kier alpha value is -1.14. The van der Waals surface area contributed by atoms with Gasteiger partial charge in [0.15, 0.2) is 0 Å². The van der Waals surface area contributed by atoms with Crippen LogP contribution in [-0.2, 0) is 9.59 Å². The van der Waals surface area contributed by atoms with E-state index < -0.39 is 11.9 Å². The predicted octanol–water partition coefficient (Wildman–Crippen LogP) is 2.85. The largest absolute Gasteiger partial charge is 0.481 e. The van der Waals surface area contributed by atoms with Gasteiger partial charge in [0.2, 0.25) is 5.91 Å². The average Bonchev–Trinajstić information content (AvgIpc) is 2.82. The average molecular weight is 344 g/mol. The van der Waals surface area contributed by atoms with Crippen LogP contribution in [0.1, 0.15) is 17.7 Å². The molecular weight excluding hydrogens is 330 g/mol. The Labute approximate surface area is 123 Å². The molecule has 1 atom stereocenters. The standard InChI is InChI=1S/C13H14BrNO3S/c14-10-6-11(19-8-10)3-4-12(16)15-5-1-2-9(7-15)13(17)18/h3-4,6,8-9H,1-2,5,7H2,(H,17,18)/b4-3+. The number of piperidine rings is 1. The second kappa shape index (κ2) is 6.34. The molecule has 1 unspecified atom stereocenters. The molecule has 1 saturated heterocycles. The molecule has 2 heterocycles. The van der Waals surface area contributed by atoms with E-state index in [4.69, 9.17) is 5.11 Å². The third-order valence-electron chi connectivity index (χ3n) is 3.06. The summed E-state index contributed by atoms with van der Waals surface area (Å²) in [6.45, 7) is 0.952. The van der Waals surface area contributed by atoms with Gasteiger partial charge < -0.3 is 10.0 Å². The maximum absolute atomic E-state index is 12.0. The molecule has 1 aromatic rings. The van der Waals surface area contributed by atoms with E-state index in [-0.39, 0.29) is 5.91 Å². The monoisotopic (exact) mass is 343 g/mol. The lowest BCUT2D eigenvalue weighted by Crippen LogP contribution is -2.41. The number of carbonyl (C=O) groups is 2. The van der Waals surface area contributed by atoms with E-state index in [2.05, 4.69) is 15.9 Å². The molecule has 0 spiro atoms. The Bertz CT molecular complexity index is 512. The molecule has 0 aliphatic carbocycles. The molecule has 1 aliphatic rings. The van der Waals surface area contributed by atoms with Crippen LogP contribution >= 0.6 is 27.3 Å². The third kappa shape index (κ3) is 3.91. The number of hydrogen-bond acceptors (Lipinski definition) is 3. The number of rotatable bonds is 3. The van der Waals surface area contributed by atoms with Crippen molar-refractivity contribution in [3.05, 3.63) is 26.9 Å². The molecule has 1 amide bonds. The minimum Gasteiger partial charge on any atom is -0.481 e. The first-order valence-corrected chi connectivity index (χ1v) is 7.67. The Kier molecular flexibility index (Phi) is 4.76. The molecule has 6 heteroatoms. The molecule has 1 fully saturated rings. The molecule has 0 saturated carbocycles. The maximum Gasteiger partial charge on any atom is 0.308 e. The van der Waals surface area contributed by atoms with Crippen molar-refractivity contribution in [1.82, 2.24) is 4.90 Å². The minimum absolute atomic E-state index is 0.115. The fourth-order valence-corrected chi connectivity index (χ4v) is 3.39. The van der Waals surface area contributed by atoms with Crippen LogP contribution in [0.25, 0.3) is 6.08 Å². The quantitative estimate of drug-likeness (QED) is 0.858. The van der Waals surface area contributed by atoms with Crippen molar-refractivity contribution in [3.8, 4) is 0 Å². The molecule has 0 bridgehead atoms. The van der Waals surface area contributed by atoms with Crippen molar-refractivity contribution < 1.29 is 14.7 Å². The number of nitrogens with zero attached hydrogens (tertiary/aromatic N) is 1. The fourth-order valence-electron chi connectivity index (χ4n) is 2.05. The summed E-state index contributed by atoms with van der Waals surface area (Å²) in [5, 5.41) is 10.9. The molecule has 1 N–H and O–H groups in total. The highest BCUT2D eigenvalue weighted by molar-refractivity contribution is 9.10. The fraction of sp³-hybridized carbons (Fsp3) is 0.385. The van der Waals surface area contributed by atoms with Crippen molar-refractivity contribution in [2.24, 2.45) is 5.92 Å². The summed E-state index contributed by atoms with van der Waals surface area (Å²) in [6.07, 6.45) is 4.69. The van der Waals surface area contributed by atoms with Gasteiger partial charge in [0.05, 0.1) is 5.92 Å². The van der Waals surface area contributed by atoms with Gasteiger partial charge in [0.1, 0.15) is 0 Å². The number of likely N-dealkylation sites (tertiary alicyclic amines) is 1. The Morgan fingerprint density at radius 3 is 2.95 bits per heavy atom. The highest BCUT2D eigenvalue weighted by Crippen LogP contribution is 2.21. The van der Waals surface area contributed by atoms with Crippen LogP contribution in [-0.4, -0.2) is 35.0 Å². The van der Waals surface area contributed by atoms with Crippen LogP contribution in [0.15, 0.2) is 22.0 Å². The van der Waals surface area contributed by atoms with Gasteiger partial charge in [-0.2, -0.15) is 0 Å². The maximum atomic E-state index is 12.0. The van der Waals surface area contributed by atoms with Gasteiger partial charge >= 0.3 is 5.97 Å². The summed E-state index contributed by atoms with van der Waals surface area (Å²) in [5.41, 5.74) is 0. The van der Waals surface area contributed by atoms with Crippen LogP contribution in [0.4, 0.5) is 0 Å². The summed E-state index contributed by atoms with van der Waals surface area (Å²) >= 11 is 4.90. The summed E-state index contributed by atoms with van der Waals surface area (Å²) < 4.78 is 0.994.